The van der Waals surface area contributed by atoms with Crippen molar-refractivity contribution in [3.8, 4) is 0 Å². The molecule has 0 spiro atoms. The average Bonchev–Trinajstić information content (AvgIpc) is 3.62. The predicted molar refractivity (Wildman–Crippen MR) is 186 cm³/mol. The number of aliphatic hydroxyl groups is 4. The summed E-state index contributed by atoms with van der Waals surface area (Å²) in [5.41, 5.74) is 3.78. The minimum absolute atomic E-state index is 0.00111. The normalized spacial score (nSPS) is 23.7. The maximum atomic E-state index is 13.6. The van der Waals surface area contributed by atoms with Crippen LogP contribution in [0.1, 0.15) is 58.9 Å². The maximum Gasteiger partial charge on any atom is 0.350 e. The molecular formula is C34H52N6O14. The van der Waals surface area contributed by atoms with E-state index in [0.717, 1.165) is 10.5 Å². The number of urea groups is 1. The Balaban J connectivity index is 0.000000867. The number of hydrogen-bond acceptors (Lipinski definition) is 12. The molecule has 1 aromatic carbocycles. The molecule has 20 heteroatoms. The highest BCUT2D eigenvalue weighted by Crippen LogP contribution is 2.29. The van der Waals surface area contributed by atoms with Crippen molar-refractivity contribution in [2.24, 2.45) is 17.6 Å². The summed E-state index contributed by atoms with van der Waals surface area (Å²) in [5.74, 6) is -6.68. The molecule has 20 nitrogen and oxygen atoms in total. The summed E-state index contributed by atoms with van der Waals surface area (Å²) in [7, 11) is 0. The first-order chi connectivity index (χ1) is 25.2. The van der Waals surface area contributed by atoms with Gasteiger partial charge in [0, 0.05) is 13.0 Å². The molecule has 1 unspecified atom stereocenters. The SMILES string of the molecule is CC(C)C[C@H](NC(=O)Cc1ccccc1)C(=O)N[C@@H](CC(=O)O)C(=O)N[C@H](C(=O)N1CCC[C@@]1(NC(N)=O)C(=O)O)C(C)C.OC[C@H]1OC(O)[C@@H](O)[C@H]1O. The Morgan fingerprint density at radius 3 is 1.98 bits per heavy atom. The highest BCUT2D eigenvalue weighted by atomic mass is 16.6. The molecule has 2 aliphatic rings. The largest absolute Gasteiger partial charge is 0.481 e. The van der Waals surface area contributed by atoms with Crippen LogP contribution in [-0.4, -0.2) is 139 Å². The number of aliphatic hydroxyl groups excluding tert-OH is 4. The molecule has 1 aromatic rings. The molecule has 0 radical (unpaired) electrons. The van der Waals surface area contributed by atoms with Gasteiger partial charge in [-0.15, -0.1) is 0 Å². The predicted octanol–water partition coefficient (Wildman–Crippen LogP) is -2.65. The standard InChI is InChI=1S/C29H42N6O9.C5H10O5/c1-16(2)13-19(31-21(36)14-18-9-6-5-7-10-18)24(39)32-20(15-22(37)38)25(40)33-23(17(3)4)26(41)35-12-8-11-29(35,27(42)43)34-28(30)44;6-1-2-3(7)4(8)5(9)10-2/h5-7,9-10,16-17,19-20,23H,8,11-15H2,1-4H3,(H,31,36)(H,32,39)(H,33,40)(H,37,38)(H,42,43)(H3,30,34,44);2-9H,1H2/t19-,20-,23-,29-;2-,3+,4+,5?/m01/s1. The van der Waals surface area contributed by atoms with Crippen molar-refractivity contribution in [1.29, 1.82) is 0 Å². The van der Waals surface area contributed by atoms with Gasteiger partial charge < -0.3 is 67.3 Å². The van der Waals surface area contributed by atoms with E-state index < -0.39 is 109 Å². The van der Waals surface area contributed by atoms with Crippen LogP contribution in [0, 0.1) is 11.8 Å². The fourth-order valence-corrected chi connectivity index (χ4v) is 5.93. The lowest BCUT2D eigenvalue weighted by atomic mass is 9.99. The topological polar surface area (TPSA) is 327 Å². The number of nitrogens with two attached hydrogens (primary N) is 1. The lowest BCUT2D eigenvalue weighted by Crippen LogP contribution is -2.68. The van der Waals surface area contributed by atoms with Gasteiger partial charge in [-0.3, -0.25) is 24.0 Å². The number of carbonyl (C=O) groups is 7. The molecule has 302 valence electrons. The van der Waals surface area contributed by atoms with Crippen LogP contribution >= 0.6 is 0 Å². The summed E-state index contributed by atoms with van der Waals surface area (Å²) in [5, 5.41) is 64.0. The van der Waals surface area contributed by atoms with Gasteiger partial charge in [0.1, 0.15) is 36.4 Å². The number of rotatable bonds is 16. The third-order valence-corrected chi connectivity index (χ3v) is 8.66. The maximum absolute atomic E-state index is 13.6. The van der Waals surface area contributed by atoms with Crippen LogP contribution in [-0.2, 0) is 39.9 Å². The van der Waals surface area contributed by atoms with Crippen molar-refractivity contribution in [2.45, 2.75) is 108 Å². The number of ether oxygens (including phenoxy) is 1. The number of nitrogens with zero attached hydrogens (tertiary/aromatic N) is 1. The van der Waals surface area contributed by atoms with E-state index in [1.54, 1.807) is 44.2 Å². The molecule has 3 rings (SSSR count). The fraction of sp³-hybridized carbons (Fsp3) is 0.618. The van der Waals surface area contributed by atoms with Gasteiger partial charge in [0.25, 0.3) is 0 Å². The molecule has 2 heterocycles. The van der Waals surface area contributed by atoms with E-state index in [9.17, 15) is 43.8 Å². The zero-order valence-electron chi connectivity index (χ0n) is 30.5. The molecule has 2 saturated heterocycles. The Kier molecular flexibility index (Phi) is 17.2. The van der Waals surface area contributed by atoms with Gasteiger partial charge in [-0.1, -0.05) is 58.0 Å². The van der Waals surface area contributed by atoms with Gasteiger partial charge >= 0.3 is 18.0 Å². The minimum Gasteiger partial charge on any atom is -0.481 e. The van der Waals surface area contributed by atoms with E-state index in [4.69, 9.17) is 26.2 Å². The molecule has 0 aliphatic carbocycles. The summed E-state index contributed by atoms with van der Waals surface area (Å²) in [6.07, 6.45) is -5.30. The second-order valence-corrected chi connectivity index (χ2v) is 13.8. The van der Waals surface area contributed by atoms with Crippen LogP contribution in [0.25, 0.3) is 0 Å². The Labute approximate surface area is 311 Å². The fourth-order valence-electron chi connectivity index (χ4n) is 5.93. The molecule has 0 aromatic heterocycles. The number of carboxylic acids is 2. The van der Waals surface area contributed by atoms with Gasteiger partial charge in [0.2, 0.25) is 29.3 Å². The quantitative estimate of drug-likeness (QED) is 0.0819. The van der Waals surface area contributed by atoms with E-state index in [0.29, 0.717) is 0 Å². The van der Waals surface area contributed by atoms with Gasteiger partial charge in [-0.25, -0.2) is 9.59 Å². The third kappa shape index (κ3) is 12.6. The highest BCUT2D eigenvalue weighted by Gasteiger charge is 2.53. The first-order valence-electron chi connectivity index (χ1n) is 17.3. The van der Waals surface area contributed by atoms with Crippen LogP contribution in [0.4, 0.5) is 4.79 Å². The second kappa shape index (κ2) is 20.5. The van der Waals surface area contributed by atoms with Crippen molar-refractivity contribution in [2.75, 3.05) is 13.2 Å². The van der Waals surface area contributed by atoms with Crippen molar-refractivity contribution in [1.82, 2.24) is 26.2 Å². The number of likely N-dealkylation sites (tertiary alicyclic amines) is 1. The first-order valence-corrected chi connectivity index (χ1v) is 17.3. The number of benzene rings is 1. The number of hydrogen-bond donors (Lipinski definition) is 11. The van der Waals surface area contributed by atoms with E-state index in [1.807, 2.05) is 13.8 Å². The molecule has 6 amide bonds. The molecular weight excluding hydrogens is 716 g/mol. The number of primary amides is 1. The van der Waals surface area contributed by atoms with E-state index in [-0.39, 0.29) is 38.1 Å². The summed E-state index contributed by atoms with van der Waals surface area (Å²) >= 11 is 0. The second-order valence-electron chi connectivity index (χ2n) is 13.8. The molecule has 54 heavy (non-hydrogen) atoms. The van der Waals surface area contributed by atoms with Crippen molar-refractivity contribution in [3.63, 3.8) is 0 Å². The van der Waals surface area contributed by atoms with Gasteiger partial charge in [0.15, 0.2) is 6.29 Å². The van der Waals surface area contributed by atoms with Gasteiger partial charge in [-0.2, -0.15) is 0 Å². The van der Waals surface area contributed by atoms with Gasteiger partial charge in [-0.05, 0) is 30.2 Å². The van der Waals surface area contributed by atoms with E-state index in [1.165, 1.54) is 0 Å². The van der Waals surface area contributed by atoms with Crippen LogP contribution in [0.5, 0.6) is 0 Å². The minimum atomic E-state index is -2.13. The van der Waals surface area contributed by atoms with Crippen molar-refractivity contribution >= 4 is 41.6 Å². The lowest BCUT2D eigenvalue weighted by molar-refractivity contribution is -0.159. The first kappa shape index (κ1) is 45.3. The third-order valence-electron chi connectivity index (χ3n) is 8.66. The number of carboxylic acid groups (broad SMARTS) is 2. The number of aliphatic carboxylic acids is 2. The van der Waals surface area contributed by atoms with Crippen LogP contribution in [0.15, 0.2) is 30.3 Å². The summed E-state index contributed by atoms with van der Waals surface area (Å²) in [6, 6.07) is 3.61. The molecule has 2 fully saturated rings. The zero-order valence-corrected chi connectivity index (χ0v) is 30.5. The lowest BCUT2D eigenvalue weighted by Gasteiger charge is -2.38. The number of carbonyl (C=O) groups excluding carboxylic acids is 5. The number of nitrogens with one attached hydrogen (secondary N) is 4. The van der Waals surface area contributed by atoms with Crippen molar-refractivity contribution in [3.05, 3.63) is 35.9 Å². The monoisotopic (exact) mass is 768 g/mol. The summed E-state index contributed by atoms with van der Waals surface area (Å²) in [4.78, 5) is 89.3. The Hall–Kier alpha value is -4.89. The Morgan fingerprint density at radius 2 is 1.52 bits per heavy atom. The van der Waals surface area contributed by atoms with E-state index in [2.05, 4.69) is 26.0 Å². The average molecular weight is 769 g/mol. The van der Waals surface area contributed by atoms with Crippen LogP contribution in [0.3, 0.4) is 0 Å². The number of amides is 6. The molecule has 8 atom stereocenters. The summed E-state index contributed by atoms with van der Waals surface area (Å²) < 4.78 is 4.54. The molecule has 0 bridgehead atoms. The molecule has 12 N–H and O–H groups in total. The Morgan fingerprint density at radius 1 is 0.907 bits per heavy atom. The van der Waals surface area contributed by atoms with Gasteiger partial charge in [0.05, 0.1) is 19.4 Å². The smallest absolute Gasteiger partial charge is 0.350 e. The molecule has 0 saturated carbocycles. The van der Waals surface area contributed by atoms with Crippen LogP contribution in [0.2, 0.25) is 0 Å². The van der Waals surface area contributed by atoms with Crippen LogP contribution < -0.4 is 27.0 Å². The zero-order chi connectivity index (χ0) is 40.9. The van der Waals surface area contributed by atoms with Crippen molar-refractivity contribution < 1.29 is 68.9 Å². The van der Waals surface area contributed by atoms with E-state index >= 15 is 0 Å². The summed E-state index contributed by atoms with van der Waals surface area (Å²) in [6.45, 7) is 6.34. The Bertz CT molecular complexity index is 1480. The highest BCUT2D eigenvalue weighted by molar-refractivity contribution is 5.98. The molecule has 2 aliphatic heterocycles.